The molecule has 4 rings (SSSR count). The van der Waals surface area contributed by atoms with Gasteiger partial charge in [-0.3, -0.25) is 9.78 Å². The number of hydrogen-bond acceptors (Lipinski definition) is 3. The van der Waals surface area contributed by atoms with Crippen LogP contribution in [0.4, 0.5) is 11.4 Å². The van der Waals surface area contributed by atoms with Gasteiger partial charge >= 0.3 is 0 Å². The molecule has 0 aliphatic carbocycles. The molecule has 1 aliphatic heterocycles. The highest BCUT2D eigenvalue weighted by atomic mass is 35.5. The number of rotatable bonds is 6. The van der Waals surface area contributed by atoms with E-state index in [-0.39, 0.29) is 23.9 Å². The third-order valence-electron chi connectivity index (χ3n) is 5.79. The van der Waals surface area contributed by atoms with Crippen LogP contribution in [0, 0.1) is 5.92 Å². The maximum Gasteiger partial charge on any atom is 0.226 e. The first-order chi connectivity index (χ1) is 15.8. The monoisotopic (exact) mass is 481 g/mol. The summed E-state index contributed by atoms with van der Waals surface area (Å²) in [7, 11) is 0. The van der Waals surface area contributed by atoms with Crippen LogP contribution in [0.3, 0.4) is 0 Å². The molecule has 1 saturated heterocycles. The van der Waals surface area contributed by atoms with Crippen molar-refractivity contribution in [3.8, 4) is 0 Å². The zero-order chi connectivity index (χ0) is 23.7. The van der Waals surface area contributed by atoms with Crippen molar-refractivity contribution in [3.63, 3.8) is 0 Å². The quantitative estimate of drug-likeness (QED) is 0.430. The Kier molecular flexibility index (Phi) is 6.72. The predicted molar refractivity (Wildman–Crippen MR) is 138 cm³/mol. The summed E-state index contributed by atoms with van der Waals surface area (Å²) < 4.78 is 2.18. The number of amides is 1. The number of nitrogens with zero attached hydrogens (tertiary/aromatic N) is 3. The molecular weight excluding hydrogens is 454 g/mol. The minimum absolute atomic E-state index is 0.0777. The standard InChI is InChI=1S/C25H28ClN5OS/c1-15(2)24(32)28-20-9-8-18(13-19(20)26)31-23(17-10-12-30(14-17)16(3)4)22(29-25(31)33)21-7-5-6-11-27-21/h5-16,22-23H,1-4H3,(H,28,32)(H,29,33)/t22-,23+/m1/s1. The number of carbonyl (C=O) groups is 1. The number of hydrogen-bond donors (Lipinski definition) is 2. The molecule has 1 amide bonds. The lowest BCUT2D eigenvalue weighted by Crippen LogP contribution is -2.29. The Morgan fingerprint density at radius 3 is 2.58 bits per heavy atom. The fraction of sp³-hybridized carbons (Fsp3) is 0.320. The lowest BCUT2D eigenvalue weighted by atomic mass is 9.98. The van der Waals surface area contributed by atoms with Crippen molar-refractivity contribution in [2.75, 3.05) is 10.2 Å². The zero-order valence-corrected chi connectivity index (χ0v) is 20.7. The first-order valence-corrected chi connectivity index (χ1v) is 11.8. The molecule has 33 heavy (non-hydrogen) atoms. The van der Waals surface area contributed by atoms with Crippen molar-refractivity contribution >= 4 is 46.2 Å². The van der Waals surface area contributed by atoms with Gasteiger partial charge in [-0.15, -0.1) is 0 Å². The lowest BCUT2D eigenvalue weighted by Gasteiger charge is -2.28. The van der Waals surface area contributed by atoms with Gasteiger partial charge in [-0.1, -0.05) is 31.5 Å². The van der Waals surface area contributed by atoms with Crippen LogP contribution in [-0.4, -0.2) is 20.6 Å². The molecule has 2 atom stereocenters. The van der Waals surface area contributed by atoms with Crippen LogP contribution in [-0.2, 0) is 4.79 Å². The number of halogens is 1. The van der Waals surface area contributed by atoms with Gasteiger partial charge in [0.1, 0.15) is 0 Å². The van der Waals surface area contributed by atoms with Gasteiger partial charge in [0.05, 0.1) is 28.5 Å². The zero-order valence-electron chi connectivity index (χ0n) is 19.1. The molecule has 0 saturated carbocycles. The summed E-state index contributed by atoms with van der Waals surface area (Å²) in [5.41, 5.74) is 3.47. The summed E-state index contributed by atoms with van der Waals surface area (Å²) in [4.78, 5) is 18.8. The molecule has 3 heterocycles. The van der Waals surface area contributed by atoms with Crippen molar-refractivity contribution < 1.29 is 4.79 Å². The Balaban J connectivity index is 1.74. The van der Waals surface area contributed by atoms with E-state index in [0.717, 1.165) is 16.9 Å². The molecule has 172 valence electrons. The van der Waals surface area contributed by atoms with E-state index < -0.39 is 0 Å². The number of nitrogens with one attached hydrogen (secondary N) is 2. The molecule has 0 bridgehead atoms. The number of aromatic nitrogens is 2. The molecule has 1 aliphatic rings. The van der Waals surface area contributed by atoms with Crippen LogP contribution in [0.25, 0.3) is 0 Å². The fourth-order valence-electron chi connectivity index (χ4n) is 3.93. The van der Waals surface area contributed by atoms with Gasteiger partial charge in [0, 0.05) is 36.2 Å². The van der Waals surface area contributed by atoms with Crippen LogP contribution in [0.1, 0.15) is 57.1 Å². The van der Waals surface area contributed by atoms with Crippen LogP contribution in [0.5, 0.6) is 0 Å². The van der Waals surface area contributed by atoms with Crippen LogP contribution < -0.4 is 15.5 Å². The highest BCUT2D eigenvalue weighted by Gasteiger charge is 2.41. The molecule has 2 N–H and O–H groups in total. The molecule has 0 spiro atoms. The predicted octanol–water partition coefficient (Wildman–Crippen LogP) is 5.89. The minimum Gasteiger partial charge on any atom is -0.351 e. The molecule has 3 aromatic rings. The Morgan fingerprint density at radius 1 is 1.18 bits per heavy atom. The Hall–Kier alpha value is -2.90. The number of pyridine rings is 1. The number of benzene rings is 1. The Morgan fingerprint density at radius 2 is 1.97 bits per heavy atom. The van der Waals surface area contributed by atoms with Crippen molar-refractivity contribution in [2.45, 2.75) is 45.8 Å². The van der Waals surface area contributed by atoms with Gasteiger partial charge in [-0.25, -0.2) is 0 Å². The van der Waals surface area contributed by atoms with Crippen molar-refractivity contribution in [1.29, 1.82) is 0 Å². The maximum absolute atomic E-state index is 12.1. The number of anilines is 2. The Bertz CT molecular complexity index is 1160. The summed E-state index contributed by atoms with van der Waals surface area (Å²) >= 11 is 12.4. The van der Waals surface area contributed by atoms with Gasteiger partial charge in [-0.2, -0.15) is 0 Å². The van der Waals surface area contributed by atoms with Gasteiger partial charge in [0.15, 0.2) is 5.11 Å². The highest BCUT2D eigenvalue weighted by molar-refractivity contribution is 7.80. The van der Waals surface area contributed by atoms with Crippen molar-refractivity contribution in [3.05, 3.63) is 77.3 Å². The number of thiocarbonyl (C=S) groups is 1. The van der Waals surface area contributed by atoms with E-state index >= 15 is 0 Å². The normalized spacial score (nSPS) is 18.2. The second-order valence-corrected chi connectivity index (χ2v) is 9.58. The number of carbonyl (C=O) groups excluding carboxylic acids is 1. The molecule has 1 aromatic carbocycles. The van der Waals surface area contributed by atoms with Crippen LogP contribution in [0.2, 0.25) is 5.02 Å². The second-order valence-electron chi connectivity index (χ2n) is 8.79. The van der Waals surface area contributed by atoms with E-state index in [0.29, 0.717) is 21.9 Å². The summed E-state index contributed by atoms with van der Waals surface area (Å²) in [6, 6.07) is 13.7. The fourth-order valence-corrected chi connectivity index (χ4v) is 4.50. The smallest absolute Gasteiger partial charge is 0.226 e. The SMILES string of the molecule is CC(C)C(=O)Nc1ccc(N2C(=S)N[C@H](c3ccccn3)[C@@H]2c2ccn(C(C)C)c2)cc1Cl. The molecule has 8 heteroatoms. The van der Waals surface area contributed by atoms with Gasteiger partial charge < -0.3 is 20.1 Å². The largest absolute Gasteiger partial charge is 0.351 e. The third-order valence-corrected chi connectivity index (χ3v) is 6.41. The highest BCUT2D eigenvalue weighted by Crippen LogP contribution is 2.43. The molecular formula is C25H28ClN5OS. The van der Waals surface area contributed by atoms with Crippen molar-refractivity contribution in [2.24, 2.45) is 5.92 Å². The van der Waals surface area contributed by atoms with Crippen LogP contribution in [0.15, 0.2) is 61.1 Å². The first-order valence-electron chi connectivity index (χ1n) is 11.0. The molecule has 0 unspecified atom stereocenters. The van der Waals surface area contributed by atoms with E-state index in [1.807, 2.05) is 50.2 Å². The minimum atomic E-state index is -0.135. The maximum atomic E-state index is 12.1. The average Bonchev–Trinajstić information content (AvgIpc) is 3.40. The Labute approximate surface area is 205 Å². The van der Waals surface area contributed by atoms with E-state index in [4.69, 9.17) is 23.8 Å². The van der Waals surface area contributed by atoms with E-state index in [2.05, 4.69) is 57.4 Å². The molecule has 2 aromatic heterocycles. The third kappa shape index (κ3) is 4.75. The molecule has 1 fully saturated rings. The summed E-state index contributed by atoms with van der Waals surface area (Å²) in [6.45, 7) is 7.99. The molecule has 0 radical (unpaired) electrons. The van der Waals surface area contributed by atoms with Crippen LogP contribution >= 0.6 is 23.8 Å². The average molecular weight is 482 g/mol. The second kappa shape index (κ2) is 9.53. The lowest BCUT2D eigenvalue weighted by molar-refractivity contribution is -0.118. The van der Waals surface area contributed by atoms with Gasteiger partial charge in [0.25, 0.3) is 0 Å². The van der Waals surface area contributed by atoms with Gasteiger partial charge in [0.2, 0.25) is 5.91 Å². The summed E-state index contributed by atoms with van der Waals surface area (Å²) in [6.07, 6.45) is 6.04. The van der Waals surface area contributed by atoms with E-state index in [1.54, 1.807) is 6.20 Å². The van der Waals surface area contributed by atoms with Crippen molar-refractivity contribution in [1.82, 2.24) is 14.9 Å². The first kappa shape index (κ1) is 23.3. The summed E-state index contributed by atoms with van der Waals surface area (Å²) in [5, 5.41) is 7.40. The van der Waals surface area contributed by atoms with E-state index in [9.17, 15) is 4.79 Å². The van der Waals surface area contributed by atoms with E-state index in [1.165, 1.54) is 0 Å². The molecule has 6 nitrogen and oxygen atoms in total. The summed E-state index contributed by atoms with van der Waals surface area (Å²) in [5.74, 6) is -0.212. The van der Waals surface area contributed by atoms with Gasteiger partial charge in [-0.05, 0) is 68.0 Å². The topological polar surface area (TPSA) is 62.2 Å².